The van der Waals surface area contributed by atoms with Crippen LogP contribution in [0.25, 0.3) is 0 Å². The van der Waals surface area contributed by atoms with Crippen molar-refractivity contribution < 1.29 is 9.84 Å². The molecule has 0 aromatic heterocycles. The lowest BCUT2D eigenvalue weighted by molar-refractivity contribution is -0.0237. The van der Waals surface area contributed by atoms with Crippen molar-refractivity contribution in [2.24, 2.45) is 5.92 Å². The van der Waals surface area contributed by atoms with Crippen LogP contribution >= 0.6 is 0 Å². The van der Waals surface area contributed by atoms with Crippen molar-refractivity contribution in [2.75, 3.05) is 26.8 Å². The Morgan fingerprint density at radius 2 is 2.15 bits per heavy atom. The zero-order chi connectivity index (χ0) is 10.3. The topological polar surface area (TPSA) is 41.5 Å². The van der Waals surface area contributed by atoms with E-state index in [4.69, 9.17) is 4.74 Å². The van der Waals surface area contributed by atoms with Gasteiger partial charge in [0.1, 0.15) is 0 Å². The summed E-state index contributed by atoms with van der Waals surface area (Å²) in [5.41, 5.74) is -0.675. The van der Waals surface area contributed by atoms with Gasteiger partial charge in [0.05, 0.1) is 12.2 Å². The summed E-state index contributed by atoms with van der Waals surface area (Å²) in [6.07, 6.45) is 1.09. The smallest absolute Gasteiger partial charge is 0.0790 e. The normalized spacial score (nSPS) is 18.2. The van der Waals surface area contributed by atoms with Crippen molar-refractivity contribution in [3.05, 3.63) is 0 Å². The number of methoxy groups -OCH3 is 1. The molecule has 0 bridgehead atoms. The Bertz CT molecular complexity index is 126. The van der Waals surface area contributed by atoms with Gasteiger partial charge in [0.2, 0.25) is 0 Å². The first kappa shape index (κ1) is 12.9. The van der Waals surface area contributed by atoms with Crippen LogP contribution in [-0.2, 0) is 4.74 Å². The lowest BCUT2D eigenvalue weighted by Gasteiger charge is -2.30. The van der Waals surface area contributed by atoms with Gasteiger partial charge in [-0.1, -0.05) is 13.8 Å². The molecule has 80 valence electrons. The van der Waals surface area contributed by atoms with Crippen molar-refractivity contribution in [3.63, 3.8) is 0 Å². The third-order valence-corrected chi connectivity index (χ3v) is 2.39. The monoisotopic (exact) mass is 189 g/mol. The fourth-order valence-electron chi connectivity index (χ4n) is 1.12. The molecule has 0 aliphatic carbocycles. The molecule has 2 atom stereocenters. The summed E-state index contributed by atoms with van der Waals surface area (Å²) in [6, 6.07) is 0. The van der Waals surface area contributed by atoms with Crippen LogP contribution in [0.15, 0.2) is 0 Å². The summed E-state index contributed by atoms with van der Waals surface area (Å²) in [7, 11) is 1.66. The van der Waals surface area contributed by atoms with E-state index in [1.165, 1.54) is 0 Å². The molecular weight excluding hydrogens is 166 g/mol. The van der Waals surface area contributed by atoms with Crippen LogP contribution in [0.3, 0.4) is 0 Å². The average Bonchev–Trinajstić information content (AvgIpc) is 2.05. The van der Waals surface area contributed by atoms with Gasteiger partial charge >= 0.3 is 0 Å². The SMILES string of the molecule is CCCNCC(C)(O)C(C)COC. The highest BCUT2D eigenvalue weighted by Gasteiger charge is 2.27. The molecule has 0 saturated heterocycles. The molecule has 0 heterocycles. The Hall–Kier alpha value is -0.120. The van der Waals surface area contributed by atoms with Crippen molar-refractivity contribution >= 4 is 0 Å². The first-order chi connectivity index (χ1) is 6.04. The molecule has 3 nitrogen and oxygen atoms in total. The van der Waals surface area contributed by atoms with E-state index in [1.54, 1.807) is 7.11 Å². The molecular formula is C10H23NO2. The molecule has 2 N–H and O–H groups in total. The van der Waals surface area contributed by atoms with Crippen molar-refractivity contribution in [2.45, 2.75) is 32.8 Å². The molecule has 0 rings (SSSR count). The van der Waals surface area contributed by atoms with Gasteiger partial charge in [-0.3, -0.25) is 0 Å². The Labute approximate surface area is 81.5 Å². The van der Waals surface area contributed by atoms with Gasteiger partial charge in [-0.15, -0.1) is 0 Å². The predicted octanol–water partition coefficient (Wildman–Crippen LogP) is 1.02. The maximum absolute atomic E-state index is 10.00. The second kappa shape index (κ2) is 6.35. The summed E-state index contributed by atoms with van der Waals surface area (Å²) in [6.45, 7) is 8.14. The van der Waals surface area contributed by atoms with Crippen molar-refractivity contribution in [1.29, 1.82) is 0 Å². The fourth-order valence-corrected chi connectivity index (χ4v) is 1.12. The minimum atomic E-state index is -0.675. The molecule has 2 unspecified atom stereocenters. The molecule has 0 aliphatic rings. The van der Waals surface area contributed by atoms with Gasteiger partial charge in [0, 0.05) is 19.6 Å². The highest BCUT2D eigenvalue weighted by Crippen LogP contribution is 2.15. The molecule has 0 spiro atoms. The Kier molecular flexibility index (Phi) is 6.29. The van der Waals surface area contributed by atoms with E-state index in [-0.39, 0.29) is 5.92 Å². The summed E-state index contributed by atoms with van der Waals surface area (Å²) in [5, 5.41) is 13.2. The van der Waals surface area contributed by atoms with Crippen LogP contribution in [0.2, 0.25) is 0 Å². The molecule has 0 amide bonds. The molecule has 3 heteroatoms. The van der Waals surface area contributed by atoms with E-state index in [2.05, 4.69) is 12.2 Å². The molecule has 0 radical (unpaired) electrons. The van der Waals surface area contributed by atoms with Gasteiger partial charge in [-0.05, 0) is 19.9 Å². The zero-order valence-electron chi connectivity index (χ0n) is 9.26. The summed E-state index contributed by atoms with van der Waals surface area (Å²) < 4.78 is 5.01. The van der Waals surface area contributed by atoms with Gasteiger partial charge in [-0.25, -0.2) is 0 Å². The van der Waals surface area contributed by atoms with Crippen LogP contribution in [0.1, 0.15) is 27.2 Å². The van der Waals surface area contributed by atoms with Crippen LogP contribution < -0.4 is 5.32 Å². The van der Waals surface area contributed by atoms with E-state index >= 15 is 0 Å². The zero-order valence-corrected chi connectivity index (χ0v) is 9.26. The predicted molar refractivity (Wildman–Crippen MR) is 54.8 cm³/mol. The number of ether oxygens (including phenoxy) is 1. The molecule has 13 heavy (non-hydrogen) atoms. The Balaban J connectivity index is 3.76. The summed E-state index contributed by atoms with van der Waals surface area (Å²) in [5.74, 6) is 0.154. The van der Waals surface area contributed by atoms with E-state index in [1.807, 2.05) is 13.8 Å². The van der Waals surface area contributed by atoms with Gasteiger partial charge in [0.15, 0.2) is 0 Å². The third-order valence-electron chi connectivity index (χ3n) is 2.39. The van der Waals surface area contributed by atoms with Gasteiger partial charge in [-0.2, -0.15) is 0 Å². The second-order valence-electron chi connectivity index (χ2n) is 3.89. The highest BCUT2D eigenvalue weighted by molar-refractivity contribution is 4.81. The van der Waals surface area contributed by atoms with Crippen molar-refractivity contribution in [3.8, 4) is 0 Å². The van der Waals surface area contributed by atoms with Gasteiger partial charge < -0.3 is 15.2 Å². The molecule has 0 aromatic rings. The Morgan fingerprint density at radius 1 is 1.54 bits per heavy atom. The number of hydrogen-bond acceptors (Lipinski definition) is 3. The summed E-state index contributed by atoms with van der Waals surface area (Å²) in [4.78, 5) is 0. The Morgan fingerprint density at radius 3 is 2.62 bits per heavy atom. The minimum absolute atomic E-state index is 0.154. The van der Waals surface area contributed by atoms with Crippen LogP contribution in [0.4, 0.5) is 0 Å². The first-order valence-electron chi connectivity index (χ1n) is 4.96. The maximum Gasteiger partial charge on any atom is 0.0790 e. The molecule has 0 aliphatic heterocycles. The second-order valence-corrected chi connectivity index (χ2v) is 3.89. The van der Waals surface area contributed by atoms with E-state index in [9.17, 15) is 5.11 Å². The molecule has 0 saturated carbocycles. The lowest BCUT2D eigenvalue weighted by Crippen LogP contribution is -2.45. The van der Waals surface area contributed by atoms with E-state index in [0.29, 0.717) is 13.2 Å². The van der Waals surface area contributed by atoms with Crippen molar-refractivity contribution in [1.82, 2.24) is 5.32 Å². The number of aliphatic hydroxyl groups is 1. The molecule has 0 aromatic carbocycles. The average molecular weight is 189 g/mol. The number of rotatable bonds is 7. The largest absolute Gasteiger partial charge is 0.388 e. The van der Waals surface area contributed by atoms with E-state index in [0.717, 1.165) is 13.0 Å². The third kappa shape index (κ3) is 5.24. The number of nitrogens with one attached hydrogen (secondary N) is 1. The van der Waals surface area contributed by atoms with Gasteiger partial charge in [0.25, 0.3) is 0 Å². The maximum atomic E-state index is 10.00. The lowest BCUT2D eigenvalue weighted by atomic mass is 9.91. The first-order valence-corrected chi connectivity index (χ1v) is 4.96. The minimum Gasteiger partial charge on any atom is -0.388 e. The quantitative estimate of drug-likeness (QED) is 0.588. The molecule has 0 fully saturated rings. The van der Waals surface area contributed by atoms with E-state index < -0.39 is 5.60 Å². The summed E-state index contributed by atoms with van der Waals surface area (Å²) >= 11 is 0. The number of hydrogen-bond donors (Lipinski definition) is 2. The fraction of sp³-hybridized carbons (Fsp3) is 1.00. The van der Waals surface area contributed by atoms with Crippen LogP contribution in [0.5, 0.6) is 0 Å². The standard InChI is InChI=1S/C10H23NO2/c1-5-6-11-8-10(3,12)9(2)7-13-4/h9,11-12H,5-8H2,1-4H3. The van der Waals surface area contributed by atoms with Crippen LogP contribution in [0, 0.1) is 5.92 Å². The highest BCUT2D eigenvalue weighted by atomic mass is 16.5. The van der Waals surface area contributed by atoms with Crippen LogP contribution in [-0.4, -0.2) is 37.5 Å².